The lowest BCUT2D eigenvalue weighted by Crippen LogP contribution is -2.47. The summed E-state index contributed by atoms with van der Waals surface area (Å²) in [4.78, 5) is 23.8. The second kappa shape index (κ2) is 5.13. The number of benzene rings is 1. The lowest BCUT2D eigenvalue weighted by atomic mass is 9.84. The molecule has 2 aliphatic carbocycles. The standard InChI is InChI=1S/C16H18FNO3/c1-8-2-5-11(17)7-12(8)15(19)18-14-10-4-3-9(6-10)13(14)16(20)21/h2,5,7,9-10,13-14H,3-4,6H2,1H3,(H,18,19)(H,20,21). The highest BCUT2D eigenvalue weighted by Gasteiger charge is 2.51. The fourth-order valence-electron chi connectivity index (χ4n) is 3.92. The molecule has 0 aromatic heterocycles. The minimum atomic E-state index is -0.844. The predicted octanol–water partition coefficient (Wildman–Crippen LogP) is 2.36. The number of carboxylic acid groups (broad SMARTS) is 1. The molecule has 1 amide bonds. The smallest absolute Gasteiger partial charge is 0.308 e. The number of aryl methyl sites for hydroxylation is 1. The third kappa shape index (κ3) is 2.41. The third-order valence-corrected chi connectivity index (χ3v) is 4.94. The van der Waals surface area contributed by atoms with Crippen LogP contribution in [0.2, 0.25) is 0 Å². The van der Waals surface area contributed by atoms with Crippen LogP contribution in [0.1, 0.15) is 35.2 Å². The predicted molar refractivity (Wildman–Crippen MR) is 74.3 cm³/mol. The van der Waals surface area contributed by atoms with Crippen LogP contribution in [0.3, 0.4) is 0 Å². The first-order chi connectivity index (χ1) is 9.97. The lowest BCUT2D eigenvalue weighted by Gasteiger charge is -2.29. The monoisotopic (exact) mass is 291 g/mol. The molecular formula is C16H18FNO3. The Bertz CT molecular complexity index is 601. The zero-order valence-corrected chi connectivity index (χ0v) is 11.8. The van der Waals surface area contributed by atoms with E-state index in [0.717, 1.165) is 19.3 Å². The summed E-state index contributed by atoms with van der Waals surface area (Å²) in [6, 6.07) is 3.73. The summed E-state index contributed by atoms with van der Waals surface area (Å²) in [5, 5.41) is 12.2. The van der Waals surface area contributed by atoms with Gasteiger partial charge in [0, 0.05) is 11.6 Å². The molecular weight excluding hydrogens is 273 g/mol. The van der Waals surface area contributed by atoms with Gasteiger partial charge in [-0.25, -0.2) is 4.39 Å². The van der Waals surface area contributed by atoms with Crippen molar-refractivity contribution >= 4 is 11.9 Å². The van der Waals surface area contributed by atoms with Gasteiger partial charge in [-0.3, -0.25) is 9.59 Å². The number of rotatable bonds is 3. The summed E-state index contributed by atoms with van der Waals surface area (Å²) in [7, 11) is 0. The van der Waals surface area contributed by atoms with Crippen LogP contribution in [-0.2, 0) is 4.79 Å². The summed E-state index contributed by atoms with van der Waals surface area (Å²) in [5.41, 5.74) is 0.964. The molecule has 0 aliphatic heterocycles. The van der Waals surface area contributed by atoms with Gasteiger partial charge in [-0.05, 0) is 55.7 Å². The van der Waals surface area contributed by atoms with E-state index in [1.165, 1.54) is 12.1 Å². The highest BCUT2D eigenvalue weighted by Crippen LogP contribution is 2.48. The number of fused-ring (bicyclic) bond motifs is 2. The molecule has 4 nitrogen and oxygen atoms in total. The van der Waals surface area contributed by atoms with E-state index in [2.05, 4.69) is 5.32 Å². The van der Waals surface area contributed by atoms with Gasteiger partial charge in [0.25, 0.3) is 5.91 Å². The van der Waals surface area contributed by atoms with Crippen molar-refractivity contribution in [1.82, 2.24) is 5.32 Å². The van der Waals surface area contributed by atoms with Crippen molar-refractivity contribution in [3.8, 4) is 0 Å². The van der Waals surface area contributed by atoms with Gasteiger partial charge in [0.1, 0.15) is 5.82 Å². The largest absolute Gasteiger partial charge is 0.481 e. The highest BCUT2D eigenvalue weighted by molar-refractivity contribution is 5.96. The van der Waals surface area contributed by atoms with Gasteiger partial charge in [0.15, 0.2) is 0 Å². The fourth-order valence-corrected chi connectivity index (χ4v) is 3.92. The van der Waals surface area contributed by atoms with E-state index in [9.17, 15) is 19.1 Å². The molecule has 0 saturated heterocycles. The third-order valence-electron chi connectivity index (χ3n) is 4.94. The molecule has 2 bridgehead atoms. The molecule has 0 radical (unpaired) electrons. The first-order valence-corrected chi connectivity index (χ1v) is 7.27. The number of hydrogen-bond donors (Lipinski definition) is 2. The van der Waals surface area contributed by atoms with Crippen LogP contribution in [0.25, 0.3) is 0 Å². The maximum Gasteiger partial charge on any atom is 0.308 e. The summed E-state index contributed by atoms with van der Waals surface area (Å²) in [6.07, 6.45) is 2.75. The molecule has 2 fully saturated rings. The van der Waals surface area contributed by atoms with E-state index in [4.69, 9.17) is 0 Å². The molecule has 112 valence electrons. The zero-order valence-electron chi connectivity index (χ0n) is 11.8. The van der Waals surface area contributed by atoms with Crippen molar-refractivity contribution in [1.29, 1.82) is 0 Å². The maximum absolute atomic E-state index is 13.3. The average molecular weight is 291 g/mol. The van der Waals surface area contributed by atoms with E-state index in [1.807, 2.05) is 0 Å². The Morgan fingerprint density at radius 2 is 2.00 bits per heavy atom. The Hall–Kier alpha value is -1.91. The second-order valence-electron chi connectivity index (χ2n) is 6.16. The molecule has 2 aliphatic rings. The normalized spacial score (nSPS) is 30.4. The number of carbonyl (C=O) groups is 2. The van der Waals surface area contributed by atoms with Crippen LogP contribution in [0, 0.1) is 30.5 Å². The highest BCUT2D eigenvalue weighted by atomic mass is 19.1. The molecule has 0 spiro atoms. The lowest BCUT2D eigenvalue weighted by molar-refractivity contribution is -0.144. The minimum absolute atomic E-state index is 0.159. The van der Waals surface area contributed by atoms with Gasteiger partial charge < -0.3 is 10.4 Å². The van der Waals surface area contributed by atoms with Gasteiger partial charge in [0.05, 0.1) is 5.92 Å². The molecule has 1 aromatic rings. The van der Waals surface area contributed by atoms with E-state index >= 15 is 0 Å². The van der Waals surface area contributed by atoms with E-state index in [0.29, 0.717) is 5.56 Å². The molecule has 4 unspecified atom stereocenters. The second-order valence-corrected chi connectivity index (χ2v) is 6.16. The number of nitrogens with one attached hydrogen (secondary N) is 1. The topological polar surface area (TPSA) is 66.4 Å². The van der Waals surface area contributed by atoms with Crippen molar-refractivity contribution in [3.63, 3.8) is 0 Å². The van der Waals surface area contributed by atoms with E-state index in [1.54, 1.807) is 13.0 Å². The SMILES string of the molecule is Cc1ccc(F)cc1C(=O)NC1C2CCC(C2)C1C(=O)O. The average Bonchev–Trinajstić information content (AvgIpc) is 3.02. The van der Waals surface area contributed by atoms with Gasteiger partial charge in [0.2, 0.25) is 0 Å². The molecule has 4 atom stereocenters. The van der Waals surface area contributed by atoms with Crippen molar-refractivity contribution in [3.05, 3.63) is 35.1 Å². The Labute approximate surface area is 122 Å². The maximum atomic E-state index is 13.3. The fraction of sp³-hybridized carbons (Fsp3) is 0.500. The van der Waals surface area contributed by atoms with Crippen molar-refractivity contribution in [2.45, 2.75) is 32.2 Å². The van der Waals surface area contributed by atoms with Gasteiger partial charge in [-0.15, -0.1) is 0 Å². The van der Waals surface area contributed by atoms with Crippen molar-refractivity contribution in [2.24, 2.45) is 17.8 Å². The Morgan fingerprint density at radius 1 is 1.29 bits per heavy atom. The van der Waals surface area contributed by atoms with Crippen LogP contribution in [0.4, 0.5) is 4.39 Å². The van der Waals surface area contributed by atoms with Crippen LogP contribution in [0.5, 0.6) is 0 Å². The minimum Gasteiger partial charge on any atom is -0.481 e. The number of halogens is 1. The van der Waals surface area contributed by atoms with Crippen LogP contribution in [-0.4, -0.2) is 23.0 Å². The number of carboxylic acids is 1. The molecule has 21 heavy (non-hydrogen) atoms. The number of aliphatic carboxylic acids is 1. The molecule has 2 N–H and O–H groups in total. The number of carbonyl (C=O) groups excluding carboxylic acids is 1. The number of hydrogen-bond acceptors (Lipinski definition) is 2. The zero-order chi connectivity index (χ0) is 15.1. The summed E-state index contributed by atoms with van der Waals surface area (Å²) >= 11 is 0. The molecule has 5 heteroatoms. The summed E-state index contributed by atoms with van der Waals surface area (Å²) < 4.78 is 13.3. The van der Waals surface area contributed by atoms with Crippen LogP contribution >= 0.6 is 0 Å². The van der Waals surface area contributed by atoms with Gasteiger partial charge in [-0.2, -0.15) is 0 Å². The first-order valence-electron chi connectivity index (χ1n) is 7.27. The van der Waals surface area contributed by atoms with E-state index in [-0.39, 0.29) is 29.3 Å². The molecule has 2 saturated carbocycles. The molecule has 0 heterocycles. The summed E-state index contributed by atoms with van der Waals surface area (Å²) in [5.74, 6) is -1.81. The van der Waals surface area contributed by atoms with Gasteiger partial charge in [-0.1, -0.05) is 6.07 Å². The Morgan fingerprint density at radius 3 is 2.71 bits per heavy atom. The van der Waals surface area contributed by atoms with Crippen molar-refractivity contribution < 1.29 is 19.1 Å². The number of amides is 1. The van der Waals surface area contributed by atoms with Crippen LogP contribution in [0.15, 0.2) is 18.2 Å². The van der Waals surface area contributed by atoms with Crippen LogP contribution < -0.4 is 5.32 Å². The molecule has 1 aromatic carbocycles. The van der Waals surface area contributed by atoms with E-state index < -0.39 is 17.7 Å². The Kier molecular flexibility index (Phi) is 3.43. The Balaban J connectivity index is 1.81. The quantitative estimate of drug-likeness (QED) is 0.898. The van der Waals surface area contributed by atoms with Gasteiger partial charge >= 0.3 is 5.97 Å². The molecule has 3 rings (SSSR count). The van der Waals surface area contributed by atoms with Crippen molar-refractivity contribution in [2.75, 3.05) is 0 Å². The summed E-state index contributed by atoms with van der Waals surface area (Å²) in [6.45, 7) is 1.74. The first kappa shape index (κ1) is 14.0.